The maximum absolute atomic E-state index is 13.6. The molecule has 0 spiro atoms. The summed E-state index contributed by atoms with van der Waals surface area (Å²) in [5.41, 5.74) is 10.8. The second kappa shape index (κ2) is 6.87. The zero-order valence-electron chi connectivity index (χ0n) is 15.7. The minimum Gasteiger partial charge on any atom is -0.341 e. The van der Waals surface area contributed by atoms with Gasteiger partial charge >= 0.3 is 0 Å². The molecular formula is C19H24ClF2N5. The van der Waals surface area contributed by atoms with Crippen molar-refractivity contribution in [3.8, 4) is 0 Å². The molecule has 2 N–H and O–H groups in total. The summed E-state index contributed by atoms with van der Waals surface area (Å²) in [6.07, 6.45) is 1.48. The van der Waals surface area contributed by atoms with Crippen molar-refractivity contribution in [3.05, 3.63) is 35.2 Å². The van der Waals surface area contributed by atoms with Crippen molar-refractivity contribution in [3.63, 3.8) is 0 Å². The largest absolute Gasteiger partial charge is 0.341 e. The monoisotopic (exact) mass is 395 g/mol. The lowest BCUT2D eigenvalue weighted by Gasteiger charge is -2.33. The summed E-state index contributed by atoms with van der Waals surface area (Å²) in [6.45, 7) is 6.46. The Morgan fingerprint density at radius 2 is 1.85 bits per heavy atom. The number of nitrogens with two attached hydrogens (primary N) is 1. The van der Waals surface area contributed by atoms with E-state index in [9.17, 15) is 8.78 Å². The highest BCUT2D eigenvalue weighted by Crippen LogP contribution is 2.34. The topological polar surface area (TPSA) is 59.5 Å². The number of hydrogen-bond donors (Lipinski definition) is 1. The number of aromatic nitrogens is 3. The summed E-state index contributed by atoms with van der Waals surface area (Å²) in [6, 6.07) is 3.92. The van der Waals surface area contributed by atoms with E-state index in [1.165, 1.54) is 0 Å². The predicted molar refractivity (Wildman–Crippen MR) is 106 cm³/mol. The average molecular weight is 396 g/mol. The van der Waals surface area contributed by atoms with Crippen LogP contribution < -0.4 is 10.6 Å². The van der Waals surface area contributed by atoms with E-state index in [-0.39, 0.29) is 44.4 Å². The van der Waals surface area contributed by atoms with Crippen LogP contribution in [0.25, 0.3) is 16.6 Å². The van der Waals surface area contributed by atoms with E-state index in [4.69, 9.17) is 10.7 Å². The van der Waals surface area contributed by atoms with Crippen LogP contribution in [-0.4, -0.2) is 33.4 Å². The van der Waals surface area contributed by atoms with Crippen LogP contribution in [-0.2, 0) is 0 Å². The molecule has 1 atom stereocenters. The number of piperidine rings is 1. The zero-order valence-corrected chi connectivity index (χ0v) is 16.5. The number of imidazole rings is 1. The summed E-state index contributed by atoms with van der Waals surface area (Å²) in [5, 5.41) is 0.941. The Hall–Kier alpha value is -1.99. The number of fused-ring (bicyclic) bond motifs is 3. The van der Waals surface area contributed by atoms with Crippen LogP contribution in [0.4, 0.5) is 14.7 Å². The van der Waals surface area contributed by atoms with Crippen molar-refractivity contribution in [1.82, 2.24) is 14.4 Å². The molecule has 1 saturated heterocycles. The summed E-state index contributed by atoms with van der Waals surface area (Å²) < 4.78 is 29.2. The first-order valence-electron chi connectivity index (χ1n) is 8.93. The second-order valence-electron chi connectivity index (χ2n) is 7.35. The fraction of sp³-hybridized carbons (Fsp3) is 0.474. The minimum absolute atomic E-state index is 0. The summed E-state index contributed by atoms with van der Waals surface area (Å²) in [5.74, 6) is -1.92. The molecule has 1 aliphatic heterocycles. The van der Waals surface area contributed by atoms with E-state index in [1.807, 2.05) is 36.1 Å². The van der Waals surface area contributed by atoms with E-state index >= 15 is 0 Å². The van der Waals surface area contributed by atoms with Gasteiger partial charge in [-0.2, -0.15) is 0 Å². The van der Waals surface area contributed by atoms with Gasteiger partial charge in [-0.05, 0) is 38.0 Å². The fourth-order valence-corrected chi connectivity index (χ4v) is 3.72. The maximum atomic E-state index is 13.6. The molecule has 3 aromatic rings. The van der Waals surface area contributed by atoms with Crippen molar-refractivity contribution >= 4 is 34.9 Å². The SMILES string of the molecule is Cc1cc([C@@H](C)N)c2nc(N3CCC(F)(F)CC3)n3c(C)cnc3c2c1.Cl. The first kappa shape index (κ1) is 19.8. The van der Waals surface area contributed by atoms with E-state index in [0.29, 0.717) is 5.95 Å². The number of anilines is 1. The van der Waals surface area contributed by atoms with Gasteiger partial charge in [0, 0.05) is 49.2 Å². The van der Waals surface area contributed by atoms with Crippen molar-refractivity contribution < 1.29 is 8.78 Å². The van der Waals surface area contributed by atoms with Crippen molar-refractivity contribution in [1.29, 1.82) is 0 Å². The number of halogens is 3. The van der Waals surface area contributed by atoms with Crippen molar-refractivity contribution in [2.45, 2.75) is 45.6 Å². The van der Waals surface area contributed by atoms with Gasteiger partial charge in [-0.15, -0.1) is 12.4 Å². The third-order valence-electron chi connectivity index (χ3n) is 5.14. The molecule has 146 valence electrons. The predicted octanol–water partition coefficient (Wildman–Crippen LogP) is 4.18. The summed E-state index contributed by atoms with van der Waals surface area (Å²) in [7, 11) is 0. The molecule has 0 radical (unpaired) electrons. The molecule has 1 aliphatic rings. The first-order valence-corrected chi connectivity index (χ1v) is 8.93. The van der Waals surface area contributed by atoms with Gasteiger partial charge in [0.1, 0.15) is 5.65 Å². The Morgan fingerprint density at radius 1 is 1.19 bits per heavy atom. The third-order valence-corrected chi connectivity index (χ3v) is 5.14. The van der Waals surface area contributed by atoms with E-state index in [0.717, 1.165) is 33.4 Å². The Morgan fingerprint density at radius 3 is 2.48 bits per heavy atom. The number of rotatable bonds is 2. The lowest BCUT2D eigenvalue weighted by atomic mass is 10.0. The molecule has 4 rings (SSSR count). The standard InChI is InChI=1S/C19H23F2N5.ClH/c1-11-8-14(13(3)22)16-15(9-11)17-23-10-12(2)26(17)18(24-16)25-6-4-19(20,21)5-7-25;/h8-10,13H,4-7,22H2,1-3H3;1H/t13-;/m1./s1. The number of benzene rings is 1. The molecule has 0 saturated carbocycles. The molecule has 0 aliphatic carbocycles. The zero-order chi connectivity index (χ0) is 18.6. The van der Waals surface area contributed by atoms with Gasteiger partial charge in [0.15, 0.2) is 0 Å². The number of nitrogens with zero attached hydrogens (tertiary/aromatic N) is 4. The van der Waals surface area contributed by atoms with Gasteiger partial charge in [-0.25, -0.2) is 18.7 Å². The molecular weight excluding hydrogens is 372 g/mol. The molecule has 3 heterocycles. The lowest BCUT2D eigenvalue weighted by Crippen LogP contribution is -2.40. The normalized spacial score (nSPS) is 17.9. The average Bonchev–Trinajstić information content (AvgIpc) is 2.96. The van der Waals surface area contributed by atoms with Crippen LogP contribution in [0.3, 0.4) is 0 Å². The molecule has 0 bridgehead atoms. The van der Waals surface area contributed by atoms with Crippen molar-refractivity contribution in [2.24, 2.45) is 5.73 Å². The molecule has 0 amide bonds. The minimum atomic E-state index is -2.59. The molecule has 0 unspecified atom stereocenters. The molecule has 8 heteroatoms. The highest BCUT2D eigenvalue weighted by molar-refractivity contribution is 5.95. The van der Waals surface area contributed by atoms with Crippen LogP contribution >= 0.6 is 12.4 Å². The van der Waals surface area contributed by atoms with Gasteiger partial charge in [0.05, 0.1) is 5.52 Å². The van der Waals surface area contributed by atoms with Gasteiger partial charge in [0.25, 0.3) is 5.92 Å². The van der Waals surface area contributed by atoms with Crippen LogP contribution in [0.2, 0.25) is 0 Å². The lowest BCUT2D eigenvalue weighted by molar-refractivity contribution is -0.0222. The van der Waals surface area contributed by atoms with Gasteiger partial charge in [-0.1, -0.05) is 6.07 Å². The molecule has 27 heavy (non-hydrogen) atoms. The van der Waals surface area contributed by atoms with Crippen molar-refractivity contribution in [2.75, 3.05) is 18.0 Å². The third kappa shape index (κ3) is 3.34. The first-order chi connectivity index (χ1) is 12.3. The molecule has 5 nitrogen and oxygen atoms in total. The van der Waals surface area contributed by atoms with Crippen LogP contribution in [0.5, 0.6) is 0 Å². The number of hydrogen-bond acceptors (Lipinski definition) is 4. The van der Waals surface area contributed by atoms with Gasteiger partial charge < -0.3 is 10.6 Å². The molecule has 1 fully saturated rings. The van der Waals surface area contributed by atoms with Gasteiger partial charge in [0.2, 0.25) is 5.95 Å². The van der Waals surface area contributed by atoms with E-state index < -0.39 is 5.92 Å². The van der Waals surface area contributed by atoms with E-state index in [1.54, 1.807) is 6.20 Å². The highest BCUT2D eigenvalue weighted by Gasteiger charge is 2.35. The highest BCUT2D eigenvalue weighted by atomic mass is 35.5. The van der Waals surface area contributed by atoms with E-state index in [2.05, 4.69) is 11.1 Å². The Labute approximate surface area is 163 Å². The smallest absolute Gasteiger partial charge is 0.251 e. The second-order valence-corrected chi connectivity index (χ2v) is 7.35. The Kier molecular flexibility index (Phi) is 5.03. The van der Waals surface area contributed by atoms with Gasteiger partial charge in [-0.3, -0.25) is 4.40 Å². The van der Waals surface area contributed by atoms with Crippen LogP contribution in [0, 0.1) is 13.8 Å². The summed E-state index contributed by atoms with van der Waals surface area (Å²) in [4.78, 5) is 11.4. The summed E-state index contributed by atoms with van der Waals surface area (Å²) >= 11 is 0. The number of aryl methyl sites for hydroxylation is 2. The van der Waals surface area contributed by atoms with Crippen LogP contribution in [0.1, 0.15) is 42.6 Å². The molecule has 1 aromatic carbocycles. The van der Waals surface area contributed by atoms with Crippen LogP contribution in [0.15, 0.2) is 18.3 Å². The Bertz CT molecular complexity index is 989. The maximum Gasteiger partial charge on any atom is 0.251 e. The fourth-order valence-electron chi connectivity index (χ4n) is 3.72. The number of alkyl halides is 2. The Balaban J connectivity index is 0.00000210. The quantitative estimate of drug-likeness (QED) is 0.707. The molecule has 2 aromatic heterocycles.